The molecule has 3 rings (SSSR count). The molecule has 27 heavy (non-hydrogen) atoms. The van der Waals surface area contributed by atoms with Gasteiger partial charge in [-0.1, -0.05) is 13.3 Å². The molecule has 0 saturated carbocycles. The number of amides is 2. The van der Waals surface area contributed by atoms with E-state index in [1.54, 1.807) is 16.2 Å². The molecule has 1 atom stereocenters. The lowest BCUT2D eigenvalue weighted by molar-refractivity contribution is -0.134. The third kappa shape index (κ3) is 4.16. The van der Waals surface area contributed by atoms with Gasteiger partial charge in [-0.25, -0.2) is 13.2 Å². The Bertz CT molecular complexity index is 845. The second-order valence-electron chi connectivity index (χ2n) is 6.45. The van der Waals surface area contributed by atoms with E-state index in [0.29, 0.717) is 38.1 Å². The topological polar surface area (TPSA) is 49.4 Å². The Morgan fingerprint density at radius 1 is 1.26 bits per heavy atom. The molecular formula is C19H19F3N2O2S. The molecule has 0 bridgehead atoms. The third-order valence-electron chi connectivity index (χ3n) is 4.55. The number of fused-ring (bicyclic) bond motifs is 1. The summed E-state index contributed by atoms with van der Waals surface area (Å²) >= 11 is 1.66. The van der Waals surface area contributed by atoms with E-state index in [4.69, 9.17) is 0 Å². The van der Waals surface area contributed by atoms with Crippen molar-refractivity contribution in [3.63, 3.8) is 0 Å². The largest absolute Gasteiger partial charge is 0.340 e. The number of nitrogens with zero attached hydrogens (tertiary/aromatic N) is 1. The number of rotatable bonds is 5. The van der Waals surface area contributed by atoms with Crippen LogP contribution in [0.1, 0.15) is 40.6 Å². The minimum Gasteiger partial charge on any atom is -0.340 e. The van der Waals surface area contributed by atoms with Crippen LogP contribution in [0.25, 0.3) is 0 Å². The van der Waals surface area contributed by atoms with Crippen LogP contribution in [0.5, 0.6) is 0 Å². The van der Waals surface area contributed by atoms with Crippen molar-refractivity contribution < 1.29 is 22.8 Å². The molecule has 1 unspecified atom stereocenters. The zero-order valence-corrected chi connectivity index (χ0v) is 15.5. The van der Waals surface area contributed by atoms with Gasteiger partial charge in [-0.3, -0.25) is 9.59 Å². The van der Waals surface area contributed by atoms with E-state index in [0.717, 1.165) is 12.0 Å². The zero-order chi connectivity index (χ0) is 19.6. The predicted octanol–water partition coefficient (Wildman–Crippen LogP) is 3.65. The molecular weight excluding hydrogens is 377 g/mol. The smallest absolute Gasteiger partial charge is 0.252 e. The highest BCUT2D eigenvalue weighted by Crippen LogP contribution is 2.24. The zero-order valence-electron chi connectivity index (χ0n) is 14.7. The van der Waals surface area contributed by atoms with E-state index < -0.39 is 29.4 Å². The van der Waals surface area contributed by atoms with Gasteiger partial charge < -0.3 is 10.2 Å². The molecule has 144 valence electrons. The SMILES string of the molecule is CCCC(NC(=O)c1cc(F)c(F)c(F)c1)C(=O)N1CCc2sccc2C1. The van der Waals surface area contributed by atoms with Gasteiger partial charge >= 0.3 is 0 Å². The van der Waals surface area contributed by atoms with Gasteiger partial charge in [-0.05, 0) is 42.0 Å². The first kappa shape index (κ1) is 19.4. The first-order valence-electron chi connectivity index (χ1n) is 8.70. The van der Waals surface area contributed by atoms with Crippen molar-refractivity contribution in [3.05, 3.63) is 57.0 Å². The monoisotopic (exact) mass is 396 g/mol. The van der Waals surface area contributed by atoms with Crippen molar-refractivity contribution in [2.45, 2.75) is 38.8 Å². The predicted molar refractivity (Wildman–Crippen MR) is 95.9 cm³/mol. The minimum atomic E-state index is -1.63. The molecule has 2 heterocycles. The molecule has 0 spiro atoms. The lowest BCUT2D eigenvalue weighted by atomic mass is 10.1. The Morgan fingerprint density at radius 3 is 2.63 bits per heavy atom. The number of benzene rings is 1. The molecule has 1 aliphatic heterocycles. The fourth-order valence-corrected chi connectivity index (χ4v) is 4.02. The lowest BCUT2D eigenvalue weighted by Gasteiger charge is -2.31. The van der Waals surface area contributed by atoms with Crippen LogP contribution in [0.15, 0.2) is 23.6 Å². The number of nitrogens with one attached hydrogen (secondary N) is 1. The molecule has 1 aliphatic rings. The molecule has 0 radical (unpaired) electrons. The van der Waals surface area contributed by atoms with Crippen molar-refractivity contribution in [1.82, 2.24) is 10.2 Å². The van der Waals surface area contributed by atoms with Crippen molar-refractivity contribution in [2.24, 2.45) is 0 Å². The van der Waals surface area contributed by atoms with Gasteiger partial charge in [-0.2, -0.15) is 0 Å². The van der Waals surface area contributed by atoms with E-state index in [2.05, 4.69) is 5.32 Å². The van der Waals surface area contributed by atoms with Gasteiger partial charge in [-0.15, -0.1) is 11.3 Å². The van der Waals surface area contributed by atoms with Gasteiger partial charge in [0, 0.05) is 23.5 Å². The van der Waals surface area contributed by atoms with Crippen molar-refractivity contribution in [2.75, 3.05) is 6.54 Å². The van der Waals surface area contributed by atoms with Crippen molar-refractivity contribution >= 4 is 23.2 Å². The van der Waals surface area contributed by atoms with Gasteiger partial charge in [0.25, 0.3) is 5.91 Å². The normalized spacial score (nSPS) is 14.6. The first-order chi connectivity index (χ1) is 12.9. The van der Waals surface area contributed by atoms with Gasteiger partial charge in [0.2, 0.25) is 5.91 Å². The Kier molecular flexibility index (Phi) is 5.84. The number of hydrogen-bond donors (Lipinski definition) is 1. The number of halogens is 3. The molecule has 1 N–H and O–H groups in total. The van der Waals surface area contributed by atoms with Crippen LogP contribution >= 0.6 is 11.3 Å². The molecule has 0 saturated heterocycles. The van der Waals surface area contributed by atoms with Crippen LogP contribution in [0.2, 0.25) is 0 Å². The van der Waals surface area contributed by atoms with Gasteiger partial charge in [0.15, 0.2) is 17.5 Å². The van der Waals surface area contributed by atoms with Crippen LogP contribution in [0.3, 0.4) is 0 Å². The molecule has 0 fully saturated rings. The van der Waals surface area contributed by atoms with E-state index >= 15 is 0 Å². The lowest BCUT2D eigenvalue weighted by Crippen LogP contribution is -2.49. The first-order valence-corrected chi connectivity index (χ1v) is 9.58. The van der Waals surface area contributed by atoms with Gasteiger partial charge in [0.05, 0.1) is 0 Å². The highest BCUT2D eigenvalue weighted by atomic mass is 32.1. The maximum Gasteiger partial charge on any atom is 0.252 e. The Labute approximate surface area is 159 Å². The Balaban J connectivity index is 1.73. The molecule has 0 aliphatic carbocycles. The van der Waals surface area contributed by atoms with E-state index in [1.807, 2.05) is 18.4 Å². The fraction of sp³-hybridized carbons (Fsp3) is 0.368. The summed E-state index contributed by atoms with van der Waals surface area (Å²) in [4.78, 5) is 28.2. The molecule has 1 aromatic carbocycles. The summed E-state index contributed by atoms with van der Waals surface area (Å²) in [5, 5.41) is 4.53. The standard InChI is InChI=1S/C19H19F3N2O2S/c1-2-3-15(19(26)24-6-4-16-11(10-24)5-7-27-16)23-18(25)12-8-13(20)17(22)14(21)9-12/h5,7-9,15H,2-4,6,10H2,1H3,(H,23,25). The molecule has 2 aromatic rings. The maximum absolute atomic E-state index is 13.4. The Hall–Kier alpha value is -2.35. The average Bonchev–Trinajstić information content (AvgIpc) is 3.12. The Morgan fingerprint density at radius 2 is 1.96 bits per heavy atom. The van der Waals surface area contributed by atoms with E-state index in [-0.39, 0.29) is 11.5 Å². The summed E-state index contributed by atoms with van der Waals surface area (Å²) in [6, 6.07) is 2.43. The molecule has 4 nitrogen and oxygen atoms in total. The quantitative estimate of drug-likeness (QED) is 0.785. The van der Waals surface area contributed by atoms with Gasteiger partial charge in [0.1, 0.15) is 6.04 Å². The number of hydrogen-bond acceptors (Lipinski definition) is 3. The highest BCUT2D eigenvalue weighted by molar-refractivity contribution is 7.10. The minimum absolute atomic E-state index is 0.231. The van der Waals surface area contributed by atoms with Crippen molar-refractivity contribution in [3.8, 4) is 0 Å². The summed E-state index contributed by atoms with van der Waals surface area (Å²) < 4.78 is 39.8. The molecule has 2 amide bonds. The number of carbonyl (C=O) groups is 2. The van der Waals surface area contributed by atoms with Crippen LogP contribution in [-0.2, 0) is 17.8 Å². The molecule has 1 aromatic heterocycles. The summed E-state index contributed by atoms with van der Waals surface area (Å²) in [5.74, 6) is -5.57. The summed E-state index contributed by atoms with van der Waals surface area (Å²) in [5.41, 5.74) is 0.739. The van der Waals surface area contributed by atoms with Crippen LogP contribution < -0.4 is 5.32 Å². The second-order valence-corrected chi connectivity index (χ2v) is 7.45. The number of thiophene rings is 1. The van der Waals surface area contributed by atoms with Crippen molar-refractivity contribution in [1.29, 1.82) is 0 Å². The summed E-state index contributed by atoms with van der Waals surface area (Å²) in [6.07, 6.45) is 1.80. The summed E-state index contributed by atoms with van der Waals surface area (Å²) in [6.45, 7) is 2.91. The van der Waals surface area contributed by atoms with E-state index in [1.165, 1.54) is 4.88 Å². The third-order valence-corrected chi connectivity index (χ3v) is 5.57. The van der Waals surface area contributed by atoms with Crippen LogP contribution in [-0.4, -0.2) is 29.3 Å². The fourth-order valence-electron chi connectivity index (χ4n) is 3.13. The molecule has 8 heteroatoms. The van der Waals surface area contributed by atoms with E-state index in [9.17, 15) is 22.8 Å². The van der Waals surface area contributed by atoms with Crippen LogP contribution in [0, 0.1) is 17.5 Å². The highest BCUT2D eigenvalue weighted by Gasteiger charge is 2.29. The average molecular weight is 396 g/mol. The second kappa shape index (κ2) is 8.12. The maximum atomic E-state index is 13.4. The van der Waals surface area contributed by atoms with Crippen LogP contribution in [0.4, 0.5) is 13.2 Å². The number of carbonyl (C=O) groups excluding carboxylic acids is 2. The summed E-state index contributed by atoms with van der Waals surface area (Å²) in [7, 11) is 0.